The molecule has 0 aliphatic carbocycles. The Hall–Kier alpha value is -1.26. The number of halogens is 1. The predicted molar refractivity (Wildman–Crippen MR) is 85.1 cm³/mol. The lowest BCUT2D eigenvalue weighted by Gasteiger charge is -2.24. The second kappa shape index (κ2) is 8.82. The van der Waals surface area contributed by atoms with Gasteiger partial charge in [-0.2, -0.15) is 0 Å². The van der Waals surface area contributed by atoms with Crippen molar-refractivity contribution in [1.82, 2.24) is 5.32 Å². The fraction of sp³-hybridized carbons (Fsp3) is 0.533. The topological polar surface area (TPSA) is 64.3 Å². The largest absolute Gasteiger partial charge is 0.399 e. The average molecular weight is 301 g/mol. The molecule has 0 bridgehead atoms. The van der Waals surface area contributed by atoms with Crippen LogP contribution >= 0.6 is 12.4 Å². The molecule has 0 heterocycles. The number of hydrogen-bond donors (Lipinski definition) is 2. The average Bonchev–Trinajstić information content (AvgIpc) is 2.37. The van der Waals surface area contributed by atoms with E-state index in [4.69, 9.17) is 10.5 Å². The highest BCUT2D eigenvalue weighted by molar-refractivity contribution is 5.85. The molecule has 0 fully saturated rings. The van der Waals surface area contributed by atoms with Gasteiger partial charge in [-0.25, -0.2) is 0 Å². The second-order valence-electron chi connectivity index (χ2n) is 5.60. The lowest BCUT2D eigenvalue weighted by atomic mass is 9.89. The van der Waals surface area contributed by atoms with Gasteiger partial charge in [0, 0.05) is 25.9 Å². The zero-order valence-electron chi connectivity index (χ0n) is 12.4. The van der Waals surface area contributed by atoms with Crippen LogP contribution in [0.3, 0.4) is 0 Å². The number of carbonyl (C=O) groups is 1. The molecule has 0 saturated carbocycles. The summed E-state index contributed by atoms with van der Waals surface area (Å²) in [5, 5.41) is 2.97. The third-order valence-corrected chi connectivity index (χ3v) is 3.09. The number of ether oxygens (including phenoxy) is 1. The van der Waals surface area contributed by atoms with Gasteiger partial charge in [0.05, 0.1) is 6.42 Å². The van der Waals surface area contributed by atoms with E-state index in [0.717, 1.165) is 12.0 Å². The molecular weight excluding hydrogens is 276 g/mol. The van der Waals surface area contributed by atoms with Crippen molar-refractivity contribution >= 4 is 24.0 Å². The van der Waals surface area contributed by atoms with Gasteiger partial charge in [-0.05, 0) is 29.5 Å². The molecule has 0 aliphatic rings. The Kier molecular flexibility index (Phi) is 8.26. The Bertz CT molecular complexity index is 405. The molecule has 0 radical (unpaired) electrons. The van der Waals surface area contributed by atoms with E-state index in [0.29, 0.717) is 25.3 Å². The number of nitrogens with one attached hydrogen (secondary N) is 1. The van der Waals surface area contributed by atoms with Crippen LogP contribution in [0.4, 0.5) is 5.69 Å². The summed E-state index contributed by atoms with van der Waals surface area (Å²) in [5.41, 5.74) is 7.34. The third-order valence-electron chi connectivity index (χ3n) is 3.09. The molecule has 0 saturated heterocycles. The molecule has 0 unspecified atom stereocenters. The summed E-state index contributed by atoms with van der Waals surface area (Å²) in [6.07, 6.45) is 1.31. The zero-order chi connectivity index (χ0) is 14.3. The number of anilines is 1. The molecule has 0 spiro atoms. The summed E-state index contributed by atoms with van der Waals surface area (Å²) in [6.45, 7) is 5.61. The number of nitrogens with two attached hydrogens (primary N) is 1. The highest BCUT2D eigenvalue weighted by atomic mass is 35.5. The van der Waals surface area contributed by atoms with Crippen molar-refractivity contribution < 1.29 is 9.53 Å². The number of amides is 1. The summed E-state index contributed by atoms with van der Waals surface area (Å²) < 4.78 is 5.07. The number of carbonyl (C=O) groups excluding carboxylic acids is 1. The SMILES string of the molecule is COCCC(C)(C)CNC(=O)Cc1ccc(N)cc1.Cl. The van der Waals surface area contributed by atoms with Crippen molar-refractivity contribution in [2.24, 2.45) is 5.41 Å². The first-order chi connectivity index (χ1) is 8.93. The van der Waals surface area contributed by atoms with Crippen molar-refractivity contribution in [1.29, 1.82) is 0 Å². The van der Waals surface area contributed by atoms with Crippen molar-refractivity contribution in [2.45, 2.75) is 26.7 Å². The van der Waals surface area contributed by atoms with Crippen molar-refractivity contribution in [3.05, 3.63) is 29.8 Å². The number of hydrogen-bond acceptors (Lipinski definition) is 3. The maximum Gasteiger partial charge on any atom is 0.224 e. The van der Waals surface area contributed by atoms with Gasteiger partial charge < -0.3 is 15.8 Å². The Morgan fingerprint density at radius 3 is 2.45 bits per heavy atom. The zero-order valence-corrected chi connectivity index (χ0v) is 13.3. The smallest absolute Gasteiger partial charge is 0.224 e. The van der Waals surface area contributed by atoms with Crippen LogP contribution in [0.25, 0.3) is 0 Å². The Labute approximate surface area is 127 Å². The van der Waals surface area contributed by atoms with Gasteiger partial charge in [-0.15, -0.1) is 12.4 Å². The Balaban J connectivity index is 0.00000361. The first kappa shape index (κ1) is 18.7. The van der Waals surface area contributed by atoms with E-state index in [1.54, 1.807) is 7.11 Å². The van der Waals surface area contributed by atoms with Crippen molar-refractivity contribution in [3.63, 3.8) is 0 Å². The normalized spacial score (nSPS) is 10.8. The minimum absolute atomic E-state index is 0. The quantitative estimate of drug-likeness (QED) is 0.760. The number of rotatable bonds is 7. The lowest BCUT2D eigenvalue weighted by molar-refractivity contribution is -0.120. The second-order valence-corrected chi connectivity index (χ2v) is 5.60. The van der Waals surface area contributed by atoms with Gasteiger partial charge in [-0.3, -0.25) is 4.79 Å². The third kappa shape index (κ3) is 7.36. The van der Waals surface area contributed by atoms with E-state index in [1.807, 2.05) is 24.3 Å². The standard InChI is InChI=1S/C15H24N2O2.ClH/c1-15(2,8-9-19-3)11-17-14(18)10-12-4-6-13(16)7-5-12;/h4-7H,8-11,16H2,1-3H3,(H,17,18);1H. The number of methoxy groups -OCH3 is 1. The summed E-state index contributed by atoms with van der Waals surface area (Å²) in [4.78, 5) is 11.8. The summed E-state index contributed by atoms with van der Waals surface area (Å²) >= 11 is 0. The summed E-state index contributed by atoms with van der Waals surface area (Å²) in [7, 11) is 1.69. The predicted octanol–water partition coefficient (Wildman–Crippen LogP) is 2.41. The van der Waals surface area contributed by atoms with Gasteiger partial charge in [-0.1, -0.05) is 26.0 Å². The van der Waals surface area contributed by atoms with Crippen LogP contribution < -0.4 is 11.1 Å². The fourth-order valence-corrected chi connectivity index (χ4v) is 1.69. The molecule has 1 amide bonds. The Morgan fingerprint density at radius 1 is 1.30 bits per heavy atom. The monoisotopic (exact) mass is 300 g/mol. The van der Waals surface area contributed by atoms with Crippen LogP contribution in [0.1, 0.15) is 25.8 Å². The van der Waals surface area contributed by atoms with Crippen LogP contribution in [0, 0.1) is 5.41 Å². The van der Waals surface area contributed by atoms with Gasteiger partial charge >= 0.3 is 0 Å². The van der Waals surface area contributed by atoms with E-state index >= 15 is 0 Å². The van der Waals surface area contributed by atoms with Crippen LogP contribution in [-0.4, -0.2) is 26.2 Å². The van der Waals surface area contributed by atoms with Gasteiger partial charge in [0.2, 0.25) is 5.91 Å². The highest BCUT2D eigenvalue weighted by Crippen LogP contribution is 2.18. The molecule has 0 aromatic heterocycles. The van der Waals surface area contributed by atoms with Crippen LogP contribution in [0.2, 0.25) is 0 Å². The van der Waals surface area contributed by atoms with Crippen molar-refractivity contribution in [3.8, 4) is 0 Å². The van der Waals surface area contributed by atoms with Crippen molar-refractivity contribution in [2.75, 3.05) is 26.0 Å². The minimum Gasteiger partial charge on any atom is -0.399 e. The molecule has 0 atom stereocenters. The molecule has 1 aromatic rings. The van der Waals surface area contributed by atoms with Crippen LogP contribution in [0.5, 0.6) is 0 Å². The molecule has 5 heteroatoms. The fourth-order valence-electron chi connectivity index (χ4n) is 1.69. The Morgan fingerprint density at radius 2 is 1.90 bits per heavy atom. The summed E-state index contributed by atoms with van der Waals surface area (Å²) in [5.74, 6) is 0.0373. The summed E-state index contributed by atoms with van der Waals surface area (Å²) in [6, 6.07) is 7.38. The molecule has 0 aliphatic heterocycles. The van der Waals surface area contributed by atoms with E-state index in [1.165, 1.54) is 0 Å². The van der Waals surface area contributed by atoms with E-state index in [2.05, 4.69) is 19.2 Å². The maximum absolute atomic E-state index is 11.8. The van der Waals surface area contributed by atoms with Crippen LogP contribution in [-0.2, 0) is 16.0 Å². The van der Waals surface area contributed by atoms with Gasteiger partial charge in [0.25, 0.3) is 0 Å². The molecular formula is C15H25ClN2O2. The van der Waals surface area contributed by atoms with Crippen LogP contribution in [0.15, 0.2) is 24.3 Å². The van der Waals surface area contributed by atoms with Gasteiger partial charge in [0.15, 0.2) is 0 Å². The molecule has 4 nitrogen and oxygen atoms in total. The van der Waals surface area contributed by atoms with E-state index in [-0.39, 0.29) is 23.7 Å². The number of nitrogen functional groups attached to an aromatic ring is 1. The van der Waals surface area contributed by atoms with E-state index in [9.17, 15) is 4.79 Å². The van der Waals surface area contributed by atoms with E-state index < -0.39 is 0 Å². The number of benzene rings is 1. The molecule has 3 N–H and O–H groups in total. The molecule has 114 valence electrons. The maximum atomic E-state index is 11.8. The van der Waals surface area contributed by atoms with Gasteiger partial charge in [0.1, 0.15) is 0 Å². The molecule has 1 aromatic carbocycles. The first-order valence-electron chi connectivity index (χ1n) is 6.53. The first-order valence-corrected chi connectivity index (χ1v) is 6.53. The molecule has 20 heavy (non-hydrogen) atoms. The lowest BCUT2D eigenvalue weighted by Crippen LogP contribution is -2.35. The highest BCUT2D eigenvalue weighted by Gasteiger charge is 2.18. The minimum atomic E-state index is 0. The molecule has 1 rings (SSSR count).